The quantitative estimate of drug-likeness (QED) is 0.290. The molecule has 0 aliphatic carbocycles. The number of thiazole rings is 1. The zero-order valence-corrected chi connectivity index (χ0v) is 26.2. The van der Waals surface area contributed by atoms with Crippen LogP contribution in [0, 0.1) is 5.92 Å². The smallest absolute Gasteiger partial charge is 0.306 e. The van der Waals surface area contributed by atoms with E-state index >= 15 is 0 Å². The molecule has 3 saturated heterocycles. The van der Waals surface area contributed by atoms with E-state index in [1.807, 2.05) is 11.0 Å². The van der Waals surface area contributed by atoms with E-state index in [9.17, 15) is 19.1 Å². The van der Waals surface area contributed by atoms with Gasteiger partial charge in [-0.3, -0.25) is 19.8 Å². The van der Waals surface area contributed by atoms with Crippen molar-refractivity contribution in [1.82, 2.24) is 19.9 Å². The molecule has 0 unspecified atom stereocenters. The number of ether oxygens (including phenoxy) is 2. The van der Waals surface area contributed by atoms with E-state index in [0.717, 1.165) is 42.7 Å². The molecule has 0 saturated carbocycles. The number of piperidine rings is 1. The summed E-state index contributed by atoms with van der Waals surface area (Å²) < 4.78 is 25.7. The van der Waals surface area contributed by atoms with Crippen molar-refractivity contribution >= 4 is 34.2 Å². The third-order valence-electron chi connectivity index (χ3n) is 8.93. The summed E-state index contributed by atoms with van der Waals surface area (Å²) >= 11 is 1.42. The lowest BCUT2D eigenvalue weighted by molar-refractivity contribution is -0.142. The molecule has 3 aromatic rings. The van der Waals surface area contributed by atoms with E-state index in [4.69, 9.17) is 14.5 Å². The number of carboxylic acids is 1. The normalized spacial score (nSPS) is 20.9. The van der Waals surface area contributed by atoms with Crippen LogP contribution in [0.25, 0.3) is 11.3 Å². The number of hydrogen-bond donors (Lipinski definition) is 2. The van der Waals surface area contributed by atoms with E-state index in [1.54, 1.807) is 18.3 Å². The largest absolute Gasteiger partial charge is 0.488 e. The van der Waals surface area contributed by atoms with Crippen LogP contribution in [0.3, 0.4) is 0 Å². The highest BCUT2D eigenvalue weighted by Crippen LogP contribution is 2.37. The number of nitrogens with zero attached hydrogens (tertiary/aromatic N) is 5. The van der Waals surface area contributed by atoms with Crippen molar-refractivity contribution in [2.24, 2.45) is 5.92 Å². The molecule has 0 radical (unpaired) electrons. The van der Waals surface area contributed by atoms with Gasteiger partial charge in [0, 0.05) is 48.1 Å². The average Bonchev–Trinajstić information content (AvgIpc) is 3.83. The van der Waals surface area contributed by atoms with Crippen LogP contribution in [0.4, 0.5) is 15.3 Å². The van der Waals surface area contributed by atoms with Crippen molar-refractivity contribution in [3.8, 4) is 17.0 Å². The summed E-state index contributed by atoms with van der Waals surface area (Å²) in [7, 11) is 0. The first-order chi connectivity index (χ1) is 21.9. The van der Waals surface area contributed by atoms with Gasteiger partial charge in [0.15, 0.2) is 5.13 Å². The number of anilines is 2. The van der Waals surface area contributed by atoms with E-state index in [-0.39, 0.29) is 17.7 Å². The molecule has 2 aromatic heterocycles. The summed E-state index contributed by atoms with van der Waals surface area (Å²) in [6.07, 6.45) is 8.13. The Hall–Kier alpha value is -3.68. The summed E-state index contributed by atoms with van der Waals surface area (Å²) in [4.78, 5) is 43.5. The Kier molecular flexibility index (Phi) is 9.86. The number of halogens is 1. The summed E-state index contributed by atoms with van der Waals surface area (Å²) in [6, 6.07) is 5.99. The lowest BCUT2D eigenvalue weighted by Crippen LogP contribution is -2.36. The Morgan fingerprint density at radius 3 is 2.69 bits per heavy atom. The molecule has 2 atom stereocenters. The second kappa shape index (κ2) is 14.2. The molecule has 3 fully saturated rings. The van der Waals surface area contributed by atoms with Crippen LogP contribution in [0.2, 0.25) is 0 Å². The number of amides is 1. The molecule has 6 rings (SSSR count). The molecule has 1 aromatic carbocycles. The fraction of sp³-hybridized carbons (Fsp3) is 0.531. The number of rotatable bonds is 11. The second-order valence-corrected chi connectivity index (χ2v) is 12.9. The van der Waals surface area contributed by atoms with Gasteiger partial charge >= 0.3 is 5.97 Å². The molecule has 2 N–H and O–H groups in total. The van der Waals surface area contributed by atoms with Crippen molar-refractivity contribution in [3.63, 3.8) is 0 Å². The Balaban J connectivity index is 1.20. The molecule has 3 aliphatic rings. The van der Waals surface area contributed by atoms with Crippen LogP contribution in [0.5, 0.6) is 5.75 Å². The molecule has 0 bridgehead atoms. The van der Waals surface area contributed by atoms with Gasteiger partial charge < -0.3 is 19.5 Å². The first kappa shape index (κ1) is 31.3. The minimum Gasteiger partial charge on any atom is -0.488 e. The molecular formula is C32H39FN6O5S. The van der Waals surface area contributed by atoms with E-state index in [2.05, 4.69) is 27.1 Å². The monoisotopic (exact) mass is 638 g/mol. The van der Waals surface area contributed by atoms with Gasteiger partial charge in [-0.1, -0.05) is 18.3 Å². The topological polar surface area (TPSA) is 130 Å². The number of carbonyl (C=O) groups is 2. The summed E-state index contributed by atoms with van der Waals surface area (Å²) in [5.74, 6) is -0.407. The minimum absolute atomic E-state index is 0.0831. The number of likely N-dealkylation sites (tertiary alicyclic amines) is 1. The first-order valence-corrected chi connectivity index (χ1v) is 16.5. The van der Waals surface area contributed by atoms with Crippen LogP contribution in [-0.2, 0) is 22.8 Å². The Bertz CT molecular complexity index is 1490. The SMILES string of the molecule is CC[C@@H]1CCCN1Cc1sc(NC(=O)c2cnc(N3CCC(C(=O)O)CC3)cn2)nc1-c1ccc(O[C@@H]2CCOC2)c(CF)c1. The van der Waals surface area contributed by atoms with Crippen molar-refractivity contribution in [1.29, 1.82) is 0 Å². The third kappa shape index (κ3) is 7.26. The molecule has 45 heavy (non-hydrogen) atoms. The second-order valence-electron chi connectivity index (χ2n) is 11.8. The average molecular weight is 639 g/mol. The van der Waals surface area contributed by atoms with Crippen LogP contribution in [0.15, 0.2) is 30.6 Å². The van der Waals surface area contributed by atoms with Crippen LogP contribution in [-0.4, -0.2) is 81.8 Å². The zero-order chi connectivity index (χ0) is 31.3. The zero-order valence-electron chi connectivity index (χ0n) is 25.4. The first-order valence-electron chi connectivity index (χ1n) is 15.7. The van der Waals surface area contributed by atoms with Crippen molar-refractivity contribution in [2.75, 3.05) is 43.1 Å². The van der Waals surface area contributed by atoms with Gasteiger partial charge in [-0.2, -0.15) is 0 Å². The van der Waals surface area contributed by atoms with Gasteiger partial charge in [-0.05, 0) is 56.8 Å². The van der Waals surface area contributed by atoms with E-state index < -0.39 is 18.6 Å². The summed E-state index contributed by atoms with van der Waals surface area (Å²) in [5.41, 5.74) is 2.10. The van der Waals surface area contributed by atoms with E-state index in [0.29, 0.717) is 79.7 Å². The van der Waals surface area contributed by atoms with Crippen LogP contribution in [0.1, 0.15) is 66.4 Å². The standard InChI is InChI=1S/C32H39FN6O5S/c1-2-23-4-3-10-39(23)18-27-29(21-5-6-26(22(14-21)15-33)44-24-9-13-43-19-24)36-32(45-27)37-30(40)25-16-35-28(17-34-25)38-11-7-20(8-12-38)31(41)42/h5-6,14,16-17,20,23-24H,2-4,7-13,15,18-19H2,1H3,(H,41,42)(H,36,37,40)/t23-,24-/m1/s1. The fourth-order valence-electron chi connectivity index (χ4n) is 6.34. The van der Waals surface area contributed by atoms with Gasteiger partial charge in [0.25, 0.3) is 5.91 Å². The predicted molar refractivity (Wildman–Crippen MR) is 168 cm³/mol. The molecule has 13 heteroatoms. The molecule has 11 nitrogen and oxygen atoms in total. The Morgan fingerprint density at radius 2 is 2.00 bits per heavy atom. The van der Waals surface area contributed by atoms with Gasteiger partial charge in [0.1, 0.15) is 30.0 Å². The van der Waals surface area contributed by atoms with E-state index in [1.165, 1.54) is 17.5 Å². The molecule has 3 aliphatic heterocycles. The van der Waals surface area contributed by atoms with Gasteiger partial charge in [0.05, 0.1) is 37.2 Å². The van der Waals surface area contributed by atoms with Crippen molar-refractivity contribution < 1.29 is 28.6 Å². The molecule has 5 heterocycles. The highest BCUT2D eigenvalue weighted by molar-refractivity contribution is 7.16. The van der Waals surface area contributed by atoms with Gasteiger partial charge in [-0.15, -0.1) is 0 Å². The highest BCUT2D eigenvalue weighted by Gasteiger charge is 2.28. The predicted octanol–water partition coefficient (Wildman–Crippen LogP) is 5.17. The maximum Gasteiger partial charge on any atom is 0.306 e. The van der Waals surface area contributed by atoms with Crippen molar-refractivity contribution in [3.05, 3.63) is 46.7 Å². The number of nitrogens with one attached hydrogen (secondary N) is 1. The lowest BCUT2D eigenvalue weighted by Gasteiger charge is -2.30. The highest BCUT2D eigenvalue weighted by atomic mass is 32.1. The number of alkyl halides is 1. The molecule has 0 spiro atoms. The van der Waals surface area contributed by atoms with Crippen molar-refractivity contribution in [2.45, 2.75) is 70.8 Å². The molecule has 1 amide bonds. The Labute approximate surface area is 265 Å². The number of aromatic nitrogens is 3. The Morgan fingerprint density at radius 1 is 1.16 bits per heavy atom. The van der Waals surface area contributed by atoms with Crippen LogP contribution < -0.4 is 15.0 Å². The van der Waals surface area contributed by atoms with Crippen LogP contribution >= 0.6 is 11.3 Å². The number of benzene rings is 1. The third-order valence-corrected chi connectivity index (χ3v) is 9.89. The number of hydrogen-bond acceptors (Lipinski definition) is 10. The molecular weight excluding hydrogens is 599 g/mol. The summed E-state index contributed by atoms with van der Waals surface area (Å²) in [6.45, 7) is 5.51. The van der Waals surface area contributed by atoms with Gasteiger partial charge in [0.2, 0.25) is 0 Å². The maximum absolute atomic E-state index is 14.2. The number of carboxylic acid groups (broad SMARTS) is 1. The summed E-state index contributed by atoms with van der Waals surface area (Å²) in [5, 5.41) is 12.6. The number of carbonyl (C=O) groups excluding carboxylic acids is 1. The lowest BCUT2D eigenvalue weighted by atomic mass is 9.97. The number of aliphatic carboxylic acids is 1. The minimum atomic E-state index is -0.768. The fourth-order valence-corrected chi connectivity index (χ4v) is 7.34. The maximum atomic E-state index is 14.2. The van der Waals surface area contributed by atoms with Gasteiger partial charge in [-0.25, -0.2) is 19.3 Å². The molecule has 240 valence electrons.